The van der Waals surface area contributed by atoms with Crippen LogP contribution >= 0.6 is 0 Å². The average Bonchev–Trinajstić information content (AvgIpc) is 2.38. The molecule has 0 fully saturated rings. The molecule has 1 rings (SSSR count). The number of rotatable bonds is 6. The molecule has 0 aliphatic heterocycles. The molecule has 0 aromatic carbocycles. The molecule has 1 heterocycles. The molecule has 19 heavy (non-hydrogen) atoms. The summed E-state index contributed by atoms with van der Waals surface area (Å²) in [4.78, 5) is 29.9. The molecule has 0 spiro atoms. The van der Waals surface area contributed by atoms with E-state index in [9.17, 15) is 9.59 Å². The van der Waals surface area contributed by atoms with Gasteiger partial charge in [0.05, 0.1) is 17.8 Å². The van der Waals surface area contributed by atoms with Crippen molar-refractivity contribution in [3.8, 4) is 0 Å². The molecule has 1 amide bonds. The number of carboxylic acid groups (broad SMARTS) is 1. The number of carboxylic acids is 1. The Morgan fingerprint density at radius 1 is 1.32 bits per heavy atom. The van der Waals surface area contributed by atoms with E-state index in [4.69, 9.17) is 5.11 Å². The highest BCUT2D eigenvalue weighted by atomic mass is 16.4. The second kappa shape index (κ2) is 6.84. The first kappa shape index (κ1) is 15.1. The lowest BCUT2D eigenvalue weighted by atomic mass is 10.2. The molecule has 104 valence electrons. The smallest absolute Gasteiger partial charge is 0.337 e. The molecule has 0 aliphatic carbocycles. The SMILES string of the molecule is CCN(CC(=O)N(C)C)Cc1ccc(C(=O)O)cn1. The quantitative estimate of drug-likeness (QED) is 0.819. The van der Waals surface area contributed by atoms with Gasteiger partial charge < -0.3 is 10.0 Å². The minimum Gasteiger partial charge on any atom is -0.478 e. The summed E-state index contributed by atoms with van der Waals surface area (Å²) in [5.41, 5.74) is 0.912. The summed E-state index contributed by atoms with van der Waals surface area (Å²) in [6.45, 7) is 3.54. The molecule has 0 bridgehead atoms. The lowest BCUT2D eigenvalue weighted by molar-refractivity contribution is -0.130. The number of hydrogen-bond acceptors (Lipinski definition) is 4. The Bertz CT molecular complexity index is 443. The van der Waals surface area contributed by atoms with Crippen molar-refractivity contribution in [3.05, 3.63) is 29.6 Å². The van der Waals surface area contributed by atoms with E-state index in [1.165, 1.54) is 12.3 Å². The summed E-state index contributed by atoms with van der Waals surface area (Å²) in [6.07, 6.45) is 1.33. The summed E-state index contributed by atoms with van der Waals surface area (Å²) < 4.78 is 0. The molecule has 0 saturated carbocycles. The number of likely N-dealkylation sites (N-methyl/N-ethyl adjacent to an activating group) is 2. The van der Waals surface area contributed by atoms with Crippen molar-refractivity contribution >= 4 is 11.9 Å². The van der Waals surface area contributed by atoms with Crippen LogP contribution in [0, 0.1) is 0 Å². The highest BCUT2D eigenvalue weighted by Crippen LogP contribution is 2.04. The first-order valence-electron chi connectivity index (χ1n) is 6.04. The standard InChI is InChI=1S/C13H19N3O3/c1-4-16(9-12(17)15(2)3)8-11-6-5-10(7-14-11)13(18)19/h5-7H,4,8-9H2,1-3H3,(H,18,19). The topological polar surface area (TPSA) is 73.7 Å². The highest BCUT2D eigenvalue weighted by molar-refractivity contribution is 5.87. The van der Waals surface area contributed by atoms with E-state index in [1.807, 2.05) is 11.8 Å². The van der Waals surface area contributed by atoms with Crippen molar-refractivity contribution in [1.29, 1.82) is 0 Å². The number of amides is 1. The zero-order valence-electron chi connectivity index (χ0n) is 11.5. The van der Waals surface area contributed by atoms with E-state index in [2.05, 4.69) is 4.98 Å². The molecule has 6 heteroatoms. The molecule has 0 aliphatic rings. The summed E-state index contributed by atoms with van der Waals surface area (Å²) in [6, 6.07) is 3.19. The van der Waals surface area contributed by atoms with E-state index < -0.39 is 5.97 Å². The molecule has 6 nitrogen and oxygen atoms in total. The number of carbonyl (C=O) groups is 2. The van der Waals surface area contributed by atoms with E-state index in [1.54, 1.807) is 25.1 Å². The van der Waals surface area contributed by atoms with Crippen LogP contribution < -0.4 is 0 Å². The van der Waals surface area contributed by atoms with Gasteiger partial charge in [0.2, 0.25) is 5.91 Å². The maximum atomic E-state index is 11.6. The van der Waals surface area contributed by atoms with Gasteiger partial charge in [-0.1, -0.05) is 6.92 Å². The Kier molecular flexibility index (Phi) is 5.44. The Balaban J connectivity index is 2.65. The number of carbonyl (C=O) groups excluding carboxylic acids is 1. The fraction of sp³-hybridized carbons (Fsp3) is 0.462. The zero-order chi connectivity index (χ0) is 14.4. The monoisotopic (exact) mass is 265 g/mol. The van der Waals surface area contributed by atoms with Crippen LogP contribution in [0.3, 0.4) is 0 Å². The molecular weight excluding hydrogens is 246 g/mol. The van der Waals surface area contributed by atoms with Crippen molar-refractivity contribution in [1.82, 2.24) is 14.8 Å². The predicted octanol–water partition coefficient (Wildman–Crippen LogP) is 0.690. The second-order valence-electron chi connectivity index (χ2n) is 4.43. The normalized spacial score (nSPS) is 10.5. The third-order valence-corrected chi connectivity index (χ3v) is 2.76. The van der Waals surface area contributed by atoms with Crippen molar-refractivity contribution in [2.45, 2.75) is 13.5 Å². The van der Waals surface area contributed by atoms with Gasteiger partial charge in [-0.2, -0.15) is 0 Å². The first-order chi connectivity index (χ1) is 8.93. The second-order valence-corrected chi connectivity index (χ2v) is 4.43. The minimum atomic E-state index is -0.991. The number of hydrogen-bond donors (Lipinski definition) is 1. The molecule has 1 aromatic heterocycles. The van der Waals surface area contributed by atoms with Crippen LogP contribution in [-0.2, 0) is 11.3 Å². The number of nitrogens with zero attached hydrogens (tertiary/aromatic N) is 3. The molecular formula is C13H19N3O3. The van der Waals surface area contributed by atoms with Gasteiger partial charge in [0, 0.05) is 26.8 Å². The lowest BCUT2D eigenvalue weighted by Gasteiger charge is -2.21. The van der Waals surface area contributed by atoms with Gasteiger partial charge in [-0.3, -0.25) is 14.7 Å². The van der Waals surface area contributed by atoms with Crippen molar-refractivity contribution < 1.29 is 14.7 Å². The lowest BCUT2D eigenvalue weighted by Crippen LogP contribution is -2.36. The fourth-order valence-corrected chi connectivity index (χ4v) is 1.49. The Labute approximate surface area is 112 Å². The maximum absolute atomic E-state index is 11.6. The van der Waals surface area contributed by atoms with Crippen LogP contribution in [0.1, 0.15) is 23.0 Å². The van der Waals surface area contributed by atoms with E-state index in [0.29, 0.717) is 13.1 Å². The predicted molar refractivity (Wildman–Crippen MR) is 70.8 cm³/mol. The summed E-state index contributed by atoms with van der Waals surface area (Å²) in [7, 11) is 3.44. The Hall–Kier alpha value is -1.95. The molecule has 0 saturated heterocycles. The van der Waals surface area contributed by atoms with Gasteiger partial charge in [0.1, 0.15) is 0 Å². The third kappa shape index (κ3) is 4.67. The van der Waals surface area contributed by atoms with Gasteiger partial charge in [-0.15, -0.1) is 0 Å². The van der Waals surface area contributed by atoms with Crippen LogP contribution in [0.5, 0.6) is 0 Å². The van der Waals surface area contributed by atoms with Crippen molar-refractivity contribution in [2.75, 3.05) is 27.2 Å². The van der Waals surface area contributed by atoms with Crippen LogP contribution in [0.25, 0.3) is 0 Å². The summed E-state index contributed by atoms with van der Waals surface area (Å²) in [5.74, 6) is -0.960. The molecule has 0 atom stereocenters. The summed E-state index contributed by atoms with van der Waals surface area (Å²) >= 11 is 0. The molecule has 1 N–H and O–H groups in total. The Morgan fingerprint density at radius 3 is 2.42 bits per heavy atom. The Morgan fingerprint density at radius 2 is 2.00 bits per heavy atom. The highest BCUT2D eigenvalue weighted by Gasteiger charge is 2.12. The van der Waals surface area contributed by atoms with Gasteiger partial charge in [0.15, 0.2) is 0 Å². The van der Waals surface area contributed by atoms with E-state index in [0.717, 1.165) is 12.2 Å². The summed E-state index contributed by atoms with van der Waals surface area (Å²) in [5, 5.41) is 8.78. The number of aromatic carboxylic acids is 1. The van der Waals surface area contributed by atoms with E-state index in [-0.39, 0.29) is 11.5 Å². The van der Waals surface area contributed by atoms with Crippen LogP contribution in [0.4, 0.5) is 0 Å². The first-order valence-corrected chi connectivity index (χ1v) is 6.04. The fourth-order valence-electron chi connectivity index (χ4n) is 1.49. The molecule has 0 radical (unpaired) electrons. The van der Waals surface area contributed by atoms with Gasteiger partial charge in [0.25, 0.3) is 0 Å². The van der Waals surface area contributed by atoms with E-state index >= 15 is 0 Å². The number of pyridine rings is 1. The average molecular weight is 265 g/mol. The van der Waals surface area contributed by atoms with Crippen LogP contribution in [-0.4, -0.2) is 59.0 Å². The molecule has 1 aromatic rings. The third-order valence-electron chi connectivity index (χ3n) is 2.76. The zero-order valence-corrected chi connectivity index (χ0v) is 11.5. The van der Waals surface area contributed by atoms with Gasteiger partial charge >= 0.3 is 5.97 Å². The maximum Gasteiger partial charge on any atom is 0.337 e. The van der Waals surface area contributed by atoms with Crippen molar-refractivity contribution in [3.63, 3.8) is 0 Å². The molecule has 0 unspecified atom stereocenters. The van der Waals surface area contributed by atoms with Gasteiger partial charge in [-0.05, 0) is 18.7 Å². The largest absolute Gasteiger partial charge is 0.478 e. The van der Waals surface area contributed by atoms with Gasteiger partial charge in [-0.25, -0.2) is 4.79 Å². The van der Waals surface area contributed by atoms with Crippen molar-refractivity contribution in [2.24, 2.45) is 0 Å². The minimum absolute atomic E-state index is 0.0315. The number of aromatic nitrogens is 1. The van der Waals surface area contributed by atoms with Crippen LogP contribution in [0.2, 0.25) is 0 Å². The van der Waals surface area contributed by atoms with Crippen LogP contribution in [0.15, 0.2) is 18.3 Å².